The van der Waals surface area contributed by atoms with E-state index in [0.717, 1.165) is 32.1 Å². The standard InChI is InChI=1S/C36H58O6/c1-9-10-11-29(40)42-21-33(6)25-14-17-34(7)26(32(25,5)16-15-27(33)38)13-12-23-24-18-31(3,4)30(41)22(2)36(24,20-37)28(39)19-35(23,34)8/h9,12,22,24-28,30,37-39,41H,1,10-11,13-21H2,2-8H3/t22-,24?,25?,26?,27-,28+,30-,32-,33+,34+,35+,36-/m0/s1. The van der Waals surface area contributed by atoms with Crippen molar-refractivity contribution in [2.45, 2.75) is 125 Å². The van der Waals surface area contributed by atoms with Crippen LogP contribution in [0.1, 0.15) is 106 Å². The van der Waals surface area contributed by atoms with Crippen molar-refractivity contribution in [1.29, 1.82) is 0 Å². The molecule has 0 radical (unpaired) electrons. The summed E-state index contributed by atoms with van der Waals surface area (Å²) in [6.07, 6.45) is 9.11. The van der Waals surface area contributed by atoms with Gasteiger partial charge >= 0.3 is 5.97 Å². The van der Waals surface area contributed by atoms with Crippen LogP contribution in [0.2, 0.25) is 0 Å². The molecule has 12 atom stereocenters. The van der Waals surface area contributed by atoms with Crippen LogP contribution in [0.5, 0.6) is 0 Å². The molecule has 6 heteroatoms. The summed E-state index contributed by atoms with van der Waals surface area (Å²) in [6.45, 7) is 19.5. The summed E-state index contributed by atoms with van der Waals surface area (Å²) in [5.74, 6) is 0.138. The van der Waals surface area contributed by atoms with Crippen LogP contribution in [0.15, 0.2) is 24.3 Å². The molecule has 5 rings (SSSR count). The Morgan fingerprint density at radius 1 is 1.02 bits per heavy atom. The van der Waals surface area contributed by atoms with Gasteiger partial charge in [0.1, 0.15) is 0 Å². The number of hydrogen-bond donors (Lipinski definition) is 4. The number of aliphatic hydroxyl groups is 4. The Balaban J connectivity index is 1.52. The molecular weight excluding hydrogens is 528 g/mol. The van der Waals surface area contributed by atoms with Gasteiger partial charge in [-0.25, -0.2) is 0 Å². The van der Waals surface area contributed by atoms with Crippen LogP contribution in [0.3, 0.4) is 0 Å². The molecule has 0 heterocycles. The quantitative estimate of drug-likeness (QED) is 0.231. The molecule has 5 aliphatic rings. The summed E-state index contributed by atoms with van der Waals surface area (Å²) < 4.78 is 5.82. The molecule has 0 amide bonds. The molecule has 0 aliphatic heterocycles. The summed E-state index contributed by atoms with van der Waals surface area (Å²) in [5.41, 5.74) is -0.539. The van der Waals surface area contributed by atoms with E-state index in [9.17, 15) is 25.2 Å². The van der Waals surface area contributed by atoms with Crippen molar-refractivity contribution in [3.05, 3.63) is 24.3 Å². The monoisotopic (exact) mass is 586 g/mol. The molecule has 0 aromatic heterocycles. The van der Waals surface area contributed by atoms with Crippen molar-refractivity contribution in [1.82, 2.24) is 0 Å². The van der Waals surface area contributed by atoms with E-state index in [0.29, 0.717) is 31.6 Å². The molecule has 4 saturated carbocycles. The number of carbonyl (C=O) groups excluding carboxylic acids is 1. The molecule has 42 heavy (non-hydrogen) atoms. The van der Waals surface area contributed by atoms with Gasteiger partial charge in [0.05, 0.1) is 31.5 Å². The highest BCUT2D eigenvalue weighted by molar-refractivity contribution is 5.69. The van der Waals surface area contributed by atoms with Gasteiger partial charge in [-0.3, -0.25) is 4.79 Å². The molecule has 0 spiro atoms. The highest BCUT2D eigenvalue weighted by atomic mass is 16.5. The Morgan fingerprint density at radius 2 is 1.71 bits per heavy atom. The van der Waals surface area contributed by atoms with Crippen LogP contribution in [-0.2, 0) is 9.53 Å². The molecule has 238 valence electrons. The lowest BCUT2D eigenvalue weighted by Crippen LogP contribution is -2.70. The fourth-order valence-electron chi connectivity index (χ4n) is 11.9. The Labute approximate surface area is 254 Å². The number of allylic oxidation sites excluding steroid dienone is 3. The zero-order valence-electron chi connectivity index (χ0n) is 27.3. The van der Waals surface area contributed by atoms with Crippen LogP contribution in [0, 0.1) is 56.2 Å². The van der Waals surface area contributed by atoms with Crippen molar-refractivity contribution < 1.29 is 30.0 Å². The normalized spacial score (nSPS) is 51.2. The molecule has 3 unspecified atom stereocenters. The molecule has 0 aromatic rings. The first kappa shape index (κ1) is 32.2. The van der Waals surface area contributed by atoms with E-state index >= 15 is 0 Å². The van der Waals surface area contributed by atoms with E-state index in [4.69, 9.17) is 4.74 Å². The van der Waals surface area contributed by atoms with E-state index in [2.05, 4.69) is 54.2 Å². The second kappa shape index (κ2) is 10.4. The van der Waals surface area contributed by atoms with Crippen molar-refractivity contribution in [2.75, 3.05) is 13.2 Å². The van der Waals surface area contributed by atoms with Gasteiger partial charge in [0, 0.05) is 17.3 Å². The second-order valence-electron chi connectivity index (χ2n) is 16.8. The van der Waals surface area contributed by atoms with Crippen molar-refractivity contribution in [3.63, 3.8) is 0 Å². The SMILES string of the molecule is C=CCCC(=O)OC[C@]1(C)C2CC[C@]3(C)C(CC=C4C5CC(C)(C)[C@@H](O)[C@H](C)[C@]5(CO)[C@H](O)C[C@]43C)[C@@]2(C)CC[C@@H]1O. The predicted octanol–water partition coefficient (Wildman–Crippen LogP) is 5.82. The number of fused-ring (bicyclic) bond motifs is 7. The molecule has 0 aromatic carbocycles. The first-order valence-electron chi connectivity index (χ1n) is 16.6. The summed E-state index contributed by atoms with van der Waals surface area (Å²) >= 11 is 0. The Kier molecular flexibility index (Phi) is 7.99. The maximum absolute atomic E-state index is 12.5. The topological polar surface area (TPSA) is 107 Å². The fraction of sp³-hybridized carbons (Fsp3) is 0.861. The molecule has 0 bridgehead atoms. The summed E-state index contributed by atoms with van der Waals surface area (Å²) in [5, 5.41) is 45.7. The van der Waals surface area contributed by atoms with E-state index < -0.39 is 29.1 Å². The van der Waals surface area contributed by atoms with Gasteiger partial charge in [0.2, 0.25) is 0 Å². The highest BCUT2D eigenvalue weighted by Crippen LogP contribution is 2.76. The van der Waals surface area contributed by atoms with E-state index in [1.54, 1.807) is 6.08 Å². The van der Waals surface area contributed by atoms with Gasteiger partial charge in [-0.2, -0.15) is 0 Å². The zero-order chi connectivity index (χ0) is 31.1. The minimum atomic E-state index is -0.742. The zero-order valence-corrected chi connectivity index (χ0v) is 27.3. The Hall–Kier alpha value is -1.21. The van der Waals surface area contributed by atoms with Gasteiger partial charge in [0.25, 0.3) is 0 Å². The van der Waals surface area contributed by atoms with Gasteiger partial charge in [0.15, 0.2) is 0 Å². The molecule has 5 aliphatic carbocycles. The van der Waals surface area contributed by atoms with E-state index in [-0.39, 0.29) is 58.6 Å². The van der Waals surface area contributed by atoms with Crippen molar-refractivity contribution in [3.8, 4) is 0 Å². The van der Waals surface area contributed by atoms with Crippen LogP contribution >= 0.6 is 0 Å². The Bertz CT molecular complexity index is 1110. The van der Waals surface area contributed by atoms with Crippen molar-refractivity contribution >= 4 is 5.97 Å². The summed E-state index contributed by atoms with van der Waals surface area (Å²) in [7, 11) is 0. The molecule has 4 fully saturated rings. The second-order valence-corrected chi connectivity index (χ2v) is 16.8. The lowest BCUT2D eigenvalue weighted by Gasteiger charge is -2.72. The average molecular weight is 587 g/mol. The maximum Gasteiger partial charge on any atom is 0.306 e. The largest absolute Gasteiger partial charge is 0.465 e. The number of hydrogen-bond acceptors (Lipinski definition) is 6. The third-order valence-corrected chi connectivity index (χ3v) is 14.8. The van der Waals surface area contributed by atoms with Gasteiger partial charge in [-0.05, 0) is 96.7 Å². The molecule has 4 N–H and O–H groups in total. The summed E-state index contributed by atoms with van der Waals surface area (Å²) in [4.78, 5) is 12.5. The minimum Gasteiger partial charge on any atom is -0.465 e. The first-order valence-corrected chi connectivity index (χ1v) is 16.6. The summed E-state index contributed by atoms with van der Waals surface area (Å²) in [6, 6.07) is 0. The molecular formula is C36H58O6. The van der Waals surface area contributed by atoms with Gasteiger partial charge in [-0.15, -0.1) is 6.58 Å². The number of aliphatic hydroxyl groups excluding tert-OH is 4. The minimum absolute atomic E-state index is 0.0152. The molecule has 0 saturated heterocycles. The van der Waals surface area contributed by atoms with E-state index in [1.807, 2.05) is 6.92 Å². The van der Waals surface area contributed by atoms with Gasteiger partial charge < -0.3 is 25.2 Å². The van der Waals surface area contributed by atoms with Crippen LogP contribution in [0.4, 0.5) is 0 Å². The fourth-order valence-corrected chi connectivity index (χ4v) is 11.9. The number of rotatable bonds is 6. The van der Waals surface area contributed by atoms with Crippen LogP contribution in [-0.4, -0.2) is 57.9 Å². The lowest BCUT2D eigenvalue weighted by molar-refractivity contribution is -0.244. The first-order chi connectivity index (χ1) is 19.5. The number of carbonyl (C=O) groups is 1. The third-order valence-electron chi connectivity index (χ3n) is 14.8. The Morgan fingerprint density at radius 3 is 2.36 bits per heavy atom. The lowest BCUT2D eigenvalue weighted by atomic mass is 9.32. The third kappa shape index (κ3) is 4.13. The van der Waals surface area contributed by atoms with E-state index in [1.165, 1.54) is 5.57 Å². The average Bonchev–Trinajstić information content (AvgIpc) is 2.92. The highest BCUT2D eigenvalue weighted by Gasteiger charge is 2.71. The van der Waals surface area contributed by atoms with Crippen LogP contribution < -0.4 is 0 Å². The number of ether oxygens (including phenoxy) is 1. The predicted molar refractivity (Wildman–Crippen MR) is 164 cm³/mol. The van der Waals surface area contributed by atoms with Crippen LogP contribution in [0.25, 0.3) is 0 Å². The number of esters is 1. The smallest absolute Gasteiger partial charge is 0.306 e. The molecule has 6 nitrogen and oxygen atoms in total. The van der Waals surface area contributed by atoms with Gasteiger partial charge in [-0.1, -0.05) is 66.2 Å². The maximum atomic E-state index is 12.5. The van der Waals surface area contributed by atoms with Crippen molar-refractivity contribution in [2.24, 2.45) is 56.2 Å².